The predicted molar refractivity (Wildman–Crippen MR) is 59.7 cm³/mol. The zero-order valence-corrected chi connectivity index (χ0v) is 8.65. The van der Waals surface area contributed by atoms with Crippen LogP contribution in [0.15, 0.2) is 36.9 Å². The fourth-order valence-electron chi connectivity index (χ4n) is 3.09. The van der Waals surface area contributed by atoms with E-state index in [0.29, 0.717) is 11.8 Å². The van der Waals surface area contributed by atoms with E-state index in [9.17, 15) is 4.79 Å². The van der Waals surface area contributed by atoms with Crippen molar-refractivity contribution in [2.24, 2.45) is 11.8 Å². The van der Waals surface area contributed by atoms with Crippen molar-refractivity contribution in [2.45, 2.75) is 18.8 Å². The van der Waals surface area contributed by atoms with E-state index in [1.165, 1.54) is 23.6 Å². The van der Waals surface area contributed by atoms with E-state index in [1.54, 1.807) is 0 Å². The summed E-state index contributed by atoms with van der Waals surface area (Å²) in [6.07, 6.45) is 3.80. The highest BCUT2D eigenvalue weighted by atomic mass is 16.1. The van der Waals surface area contributed by atoms with E-state index in [0.717, 1.165) is 6.42 Å². The summed E-state index contributed by atoms with van der Waals surface area (Å²) in [5.41, 5.74) is 2.85. The average Bonchev–Trinajstić information content (AvgIpc) is 3.02. The van der Waals surface area contributed by atoms with E-state index in [1.807, 2.05) is 0 Å². The van der Waals surface area contributed by atoms with Crippen molar-refractivity contribution in [2.75, 3.05) is 0 Å². The molecule has 1 aromatic carbocycles. The molecule has 0 aromatic heterocycles. The SMILES string of the molecule is C=CC(=O)C1C2CCc3ccccc3C21. The molecule has 0 radical (unpaired) electrons. The Bertz CT molecular complexity index is 433. The molecule has 0 bridgehead atoms. The van der Waals surface area contributed by atoms with Gasteiger partial charge in [0.1, 0.15) is 0 Å². The number of rotatable bonds is 2. The van der Waals surface area contributed by atoms with Crippen LogP contribution in [0.4, 0.5) is 0 Å². The van der Waals surface area contributed by atoms with Crippen molar-refractivity contribution in [1.29, 1.82) is 0 Å². The maximum atomic E-state index is 11.6. The minimum atomic E-state index is 0.238. The Morgan fingerprint density at radius 2 is 2.20 bits per heavy atom. The smallest absolute Gasteiger partial charge is 0.159 e. The molecule has 0 spiro atoms. The number of carbonyl (C=O) groups is 1. The second-order valence-corrected chi connectivity index (χ2v) is 4.56. The van der Waals surface area contributed by atoms with E-state index in [4.69, 9.17) is 0 Å². The average molecular weight is 198 g/mol. The van der Waals surface area contributed by atoms with Gasteiger partial charge < -0.3 is 0 Å². The molecule has 1 aromatic rings. The Hall–Kier alpha value is -1.37. The van der Waals surface area contributed by atoms with Gasteiger partial charge in [0.2, 0.25) is 0 Å². The first-order chi connectivity index (χ1) is 7.33. The molecule has 1 heteroatoms. The third kappa shape index (κ3) is 1.19. The summed E-state index contributed by atoms with van der Waals surface area (Å²) in [7, 11) is 0. The summed E-state index contributed by atoms with van der Waals surface area (Å²) >= 11 is 0. The first kappa shape index (κ1) is 8.90. The topological polar surface area (TPSA) is 17.1 Å². The van der Waals surface area contributed by atoms with E-state index in [2.05, 4.69) is 30.8 Å². The van der Waals surface area contributed by atoms with Gasteiger partial charge in [0.15, 0.2) is 5.78 Å². The molecule has 76 valence electrons. The summed E-state index contributed by atoms with van der Waals surface area (Å²) in [5, 5.41) is 0. The maximum Gasteiger partial charge on any atom is 0.159 e. The molecule has 0 saturated heterocycles. The number of benzene rings is 1. The summed E-state index contributed by atoms with van der Waals surface area (Å²) < 4.78 is 0. The molecular formula is C14H14O. The van der Waals surface area contributed by atoms with Gasteiger partial charge in [0.25, 0.3) is 0 Å². The molecule has 2 aliphatic rings. The standard InChI is InChI=1S/C14H14O/c1-2-12(15)14-11-8-7-9-5-3-4-6-10(9)13(11)14/h2-6,11,13-14H,1,7-8H2. The van der Waals surface area contributed by atoms with Gasteiger partial charge in [-0.1, -0.05) is 30.8 Å². The lowest BCUT2D eigenvalue weighted by Crippen LogP contribution is -2.00. The number of ketones is 1. The molecular weight excluding hydrogens is 184 g/mol. The quantitative estimate of drug-likeness (QED) is 0.668. The number of carbonyl (C=O) groups excluding carboxylic acids is 1. The highest BCUT2D eigenvalue weighted by Crippen LogP contribution is 2.60. The monoisotopic (exact) mass is 198 g/mol. The van der Waals surface area contributed by atoms with Gasteiger partial charge in [-0.05, 0) is 41.9 Å². The maximum absolute atomic E-state index is 11.6. The first-order valence-corrected chi connectivity index (χ1v) is 5.57. The fraction of sp³-hybridized carbons (Fsp3) is 0.357. The van der Waals surface area contributed by atoms with E-state index >= 15 is 0 Å². The minimum absolute atomic E-state index is 0.238. The second kappa shape index (κ2) is 3.06. The molecule has 3 unspecified atom stereocenters. The second-order valence-electron chi connectivity index (χ2n) is 4.56. The molecule has 2 aliphatic carbocycles. The van der Waals surface area contributed by atoms with Gasteiger partial charge in [-0.15, -0.1) is 0 Å². The molecule has 3 atom stereocenters. The number of aryl methyl sites for hydroxylation is 1. The van der Waals surface area contributed by atoms with Crippen LogP contribution in [0.5, 0.6) is 0 Å². The lowest BCUT2D eigenvalue weighted by atomic mass is 9.92. The molecule has 0 amide bonds. The molecule has 0 heterocycles. The van der Waals surface area contributed by atoms with Crippen molar-refractivity contribution in [1.82, 2.24) is 0 Å². The van der Waals surface area contributed by atoms with Crippen molar-refractivity contribution in [3.8, 4) is 0 Å². The van der Waals surface area contributed by atoms with E-state index < -0.39 is 0 Å². The first-order valence-electron chi connectivity index (χ1n) is 5.57. The molecule has 0 N–H and O–H groups in total. The van der Waals surface area contributed by atoms with Crippen LogP contribution in [-0.4, -0.2) is 5.78 Å². The number of fused-ring (bicyclic) bond motifs is 3. The van der Waals surface area contributed by atoms with E-state index in [-0.39, 0.29) is 11.7 Å². The summed E-state index contributed by atoms with van der Waals surface area (Å²) in [4.78, 5) is 11.6. The Morgan fingerprint density at radius 1 is 1.40 bits per heavy atom. The Balaban J connectivity index is 1.96. The molecule has 1 nitrogen and oxygen atoms in total. The van der Waals surface area contributed by atoms with Gasteiger partial charge in [0, 0.05) is 5.92 Å². The number of hydrogen-bond acceptors (Lipinski definition) is 1. The zero-order valence-electron chi connectivity index (χ0n) is 8.65. The molecule has 1 fully saturated rings. The highest BCUT2D eigenvalue weighted by molar-refractivity contribution is 5.95. The van der Waals surface area contributed by atoms with Crippen molar-refractivity contribution >= 4 is 5.78 Å². The Morgan fingerprint density at radius 3 is 3.00 bits per heavy atom. The Kier molecular flexibility index (Phi) is 1.82. The largest absolute Gasteiger partial charge is 0.295 e. The molecule has 1 saturated carbocycles. The van der Waals surface area contributed by atoms with Crippen LogP contribution in [0.25, 0.3) is 0 Å². The normalized spacial score (nSPS) is 31.3. The molecule has 15 heavy (non-hydrogen) atoms. The third-order valence-corrected chi connectivity index (χ3v) is 3.86. The molecule has 3 rings (SSSR count). The van der Waals surface area contributed by atoms with Crippen LogP contribution >= 0.6 is 0 Å². The van der Waals surface area contributed by atoms with Crippen LogP contribution in [0.2, 0.25) is 0 Å². The van der Waals surface area contributed by atoms with Crippen LogP contribution in [0.3, 0.4) is 0 Å². The lowest BCUT2D eigenvalue weighted by molar-refractivity contribution is -0.116. The van der Waals surface area contributed by atoms with Crippen LogP contribution in [-0.2, 0) is 11.2 Å². The van der Waals surface area contributed by atoms with Crippen molar-refractivity contribution in [3.63, 3.8) is 0 Å². The lowest BCUT2D eigenvalue weighted by Gasteiger charge is -2.13. The summed E-state index contributed by atoms with van der Waals surface area (Å²) in [6, 6.07) is 8.54. The van der Waals surface area contributed by atoms with Crippen LogP contribution < -0.4 is 0 Å². The van der Waals surface area contributed by atoms with Gasteiger partial charge in [-0.3, -0.25) is 4.79 Å². The number of allylic oxidation sites excluding steroid dienone is 1. The zero-order chi connectivity index (χ0) is 10.4. The summed E-state index contributed by atoms with van der Waals surface area (Å²) in [6.45, 7) is 3.59. The predicted octanol–water partition coefficient (Wildman–Crippen LogP) is 2.72. The van der Waals surface area contributed by atoms with Gasteiger partial charge in [-0.25, -0.2) is 0 Å². The van der Waals surface area contributed by atoms with Crippen molar-refractivity contribution < 1.29 is 4.79 Å². The molecule has 0 aliphatic heterocycles. The van der Waals surface area contributed by atoms with Gasteiger partial charge in [0.05, 0.1) is 0 Å². The van der Waals surface area contributed by atoms with Gasteiger partial charge >= 0.3 is 0 Å². The third-order valence-electron chi connectivity index (χ3n) is 3.86. The van der Waals surface area contributed by atoms with Crippen molar-refractivity contribution in [3.05, 3.63) is 48.0 Å². The minimum Gasteiger partial charge on any atom is -0.295 e. The highest BCUT2D eigenvalue weighted by Gasteiger charge is 2.55. The Labute approximate surface area is 89.8 Å². The fourth-order valence-corrected chi connectivity index (χ4v) is 3.09. The van der Waals surface area contributed by atoms with Gasteiger partial charge in [-0.2, -0.15) is 0 Å². The number of hydrogen-bond donors (Lipinski definition) is 0. The van der Waals surface area contributed by atoms with Crippen LogP contribution in [0, 0.1) is 11.8 Å². The summed E-state index contributed by atoms with van der Waals surface area (Å²) in [5.74, 6) is 1.58. The van der Waals surface area contributed by atoms with Crippen LogP contribution in [0.1, 0.15) is 23.5 Å².